The fraction of sp³-hybridized carbons (Fsp3) is 0.133. The third-order valence-corrected chi connectivity index (χ3v) is 4.09. The first-order valence-corrected chi connectivity index (χ1v) is 7.33. The summed E-state index contributed by atoms with van der Waals surface area (Å²) in [6.45, 7) is 2.10. The monoisotopic (exact) mass is 370 g/mol. The zero-order valence-corrected chi connectivity index (χ0v) is 13.6. The van der Waals surface area contributed by atoms with Crippen LogP contribution in [0.25, 0.3) is 0 Å². The minimum atomic E-state index is -0.662. The number of rotatable bonds is 4. The average Bonchev–Trinajstić information content (AvgIpc) is 2.41. The minimum absolute atomic E-state index is 0.135. The summed E-state index contributed by atoms with van der Waals surface area (Å²) in [7, 11) is 0. The molecule has 3 nitrogen and oxygen atoms in total. The van der Waals surface area contributed by atoms with Crippen LogP contribution in [-0.2, 0) is 6.54 Å². The Balaban J connectivity index is 2.25. The smallest absolute Gasteiger partial charge is 0.248 e. The maximum atomic E-state index is 13.8. The van der Waals surface area contributed by atoms with Crippen LogP contribution < -0.4 is 11.1 Å². The van der Waals surface area contributed by atoms with Crippen LogP contribution in [-0.4, -0.2) is 5.91 Å². The fourth-order valence-electron chi connectivity index (χ4n) is 1.86. The van der Waals surface area contributed by atoms with Crippen molar-refractivity contribution in [3.05, 3.63) is 62.3 Å². The van der Waals surface area contributed by atoms with Gasteiger partial charge in [-0.05, 0) is 36.8 Å². The predicted molar refractivity (Wildman–Crippen MR) is 86.1 cm³/mol. The molecule has 0 fully saturated rings. The van der Waals surface area contributed by atoms with E-state index in [4.69, 9.17) is 17.3 Å². The summed E-state index contributed by atoms with van der Waals surface area (Å²) in [5.41, 5.74) is 7.26. The van der Waals surface area contributed by atoms with E-state index in [1.54, 1.807) is 25.1 Å². The topological polar surface area (TPSA) is 55.1 Å². The van der Waals surface area contributed by atoms with Gasteiger partial charge in [0.15, 0.2) is 0 Å². The second-order valence-electron chi connectivity index (χ2n) is 4.58. The summed E-state index contributed by atoms with van der Waals surface area (Å²) in [6, 6.07) is 8.11. The van der Waals surface area contributed by atoms with E-state index >= 15 is 0 Å². The first-order chi connectivity index (χ1) is 9.88. The van der Waals surface area contributed by atoms with Crippen molar-refractivity contribution in [3.63, 3.8) is 0 Å². The number of halogens is 3. The number of primary amides is 1. The van der Waals surface area contributed by atoms with Gasteiger partial charge in [0.2, 0.25) is 5.91 Å². The van der Waals surface area contributed by atoms with Gasteiger partial charge in [0, 0.05) is 32.9 Å². The van der Waals surface area contributed by atoms with Gasteiger partial charge in [-0.2, -0.15) is 0 Å². The molecule has 0 aromatic heterocycles. The molecular weight excluding hydrogens is 359 g/mol. The van der Waals surface area contributed by atoms with Crippen LogP contribution in [0.2, 0.25) is 5.02 Å². The highest BCUT2D eigenvalue weighted by molar-refractivity contribution is 9.10. The van der Waals surface area contributed by atoms with Gasteiger partial charge >= 0.3 is 0 Å². The lowest BCUT2D eigenvalue weighted by atomic mass is 10.1. The van der Waals surface area contributed by atoms with Crippen LogP contribution >= 0.6 is 27.5 Å². The third kappa shape index (κ3) is 3.74. The molecule has 0 aliphatic rings. The predicted octanol–water partition coefficient (Wildman–Crippen LogP) is 4.26. The average molecular weight is 372 g/mol. The fourth-order valence-corrected chi connectivity index (χ4v) is 2.68. The molecule has 0 bridgehead atoms. The Morgan fingerprint density at radius 3 is 2.71 bits per heavy atom. The van der Waals surface area contributed by atoms with Crippen molar-refractivity contribution in [1.82, 2.24) is 0 Å². The normalized spacial score (nSPS) is 10.5. The molecule has 0 radical (unpaired) electrons. The van der Waals surface area contributed by atoms with Crippen LogP contribution in [0.1, 0.15) is 21.5 Å². The Bertz CT molecular complexity index is 706. The van der Waals surface area contributed by atoms with Gasteiger partial charge in [-0.3, -0.25) is 4.79 Å². The van der Waals surface area contributed by atoms with Crippen LogP contribution in [0.5, 0.6) is 0 Å². The molecule has 0 aliphatic heterocycles. The summed E-state index contributed by atoms with van der Waals surface area (Å²) in [4.78, 5) is 11.2. The van der Waals surface area contributed by atoms with Crippen molar-refractivity contribution >= 4 is 39.1 Å². The number of carbonyl (C=O) groups excluding carboxylic acids is 1. The number of anilines is 1. The SMILES string of the molecule is Cc1c(F)cc(C(N)=O)cc1NCc1ccc(Cl)cc1Br. The highest BCUT2D eigenvalue weighted by atomic mass is 79.9. The van der Waals surface area contributed by atoms with Crippen LogP contribution in [0.3, 0.4) is 0 Å². The first kappa shape index (κ1) is 15.8. The van der Waals surface area contributed by atoms with Crippen molar-refractivity contribution in [2.75, 3.05) is 5.32 Å². The Hall–Kier alpha value is -1.59. The van der Waals surface area contributed by atoms with E-state index in [9.17, 15) is 9.18 Å². The van der Waals surface area contributed by atoms with E-state index in [-0.39, 0.29) is 5.56 Å². The molecule has 0 saturated carbocycles. The summed E-state index contributed by atoms with van der Waals surface area (Å²) in [5.74, 6) is -1.13. The molecule has 3 N–H and O–H groups in total. The van der Waals surface area contributed by atoms with Crippen LogP contribution in [0.4, 0.5) is 10.1 Å². The molecule has 0 aliphatic carbocycles. The number of nitrogens with two attached hydrogens (primary N) is 1. The van der Waals surface area contributed by atoms with Gasteiger partial charge in [0.25, 0.3) is 0 Å². The van der Waals surface area contributed by atoms with Crippen molar-refractivity contribution in [2.45, 2.75) is 13.5 Å². The highest BCUT2D eigenvalue weighted by Crippen LogP contribution is 2.25. The number of benzene rings is 2. The molecule has 1 amide bonds. The molecule has 0 heterocycles. The van der Waals surface area contributed by atoms with Gasteiger partial charge in [-0.25, -0.2) is 4.39 Å². The second kappa shape index (κ2) is 6.45. The first-order valence-electron chi connectivity index (χ1n) is 6.16. The lowest BCUT2D eigenvalue weighted by Crippen LogP contribution is -2.13. The molecule has 21 heavy (non-hydrogen) atoms. The molecule has 6 heteroatoms. The Labute approximate surface area is 135 Å². The number of carbonyl (C=O) groups is 1. The molecule has 2 rings (SSSR count). The van der Waals surface area contributed by atoms with Crippen molar-refractivity contribution in [3.8, 4) is 0 Å². The summed E-state index contributed by atoms with van der Waals surface area (Å²) < 4.78 is 14.6. The van der Waals surface area contributed by atoms with Crippen molar-refractivity contribution in [1.29, 1.82) is 0 Å². The molecule has 110 valence electrons. The Morgan fingerprint density at radius 1 is 1.38 bits per heavy atom. The lowest BCUT2D eigenvalue weighted by molar-refractivity contribution is 0.1000. The molecule has 0 atom stereocenters. The number of hydrogen-bond acceptors (Lipinski definition) is 2. The minimum Gasteiger partial charge on any atom is -0.381 e. The number of nitrogens with one attached hydrogen (secondary N) is 1. The summed E-state index contributed by atoms with van der Waals surface area (Å²) >= 11 is 9.30. The molecule has 2 aromatic carbocycles. The molecule has 2 aromatic rings. The van der Waals surface area contributed by atoms with Gasteiger partial charge < -0.3 is 11.1 Å². The van der Waals surface area contributed by atoms with E-state index in [1.807, 2.05) is 6.07 Å². The number of hydrogen-bond donors (Lipinski definition) is 2. The molecule has 0 spiro atoms. The van der Waals surface area contributed by atoms with Gasteiger partial charge in [-0.1, -0.05) is 33.6 Å². The third-order valence-electron chi connectivity index (χ3n) is 3.11. The van der Waals surface area contributed by atoms with Gasteiger partial charge in [0.1, 0.15) is 5.82 Å². The molecule has 0 unspecified atom stereocenters. The summed E-state index contributed by atoms with van der Waals surface area (Å²) in [6.07, 6.45) is 0. The van der Waals surface area contributed by atoms with E-state index in [0.29, 0.717) is 22.8 Å². The van der Waals surface area contributed by atoms with Crippen molar-refractivity contribution in [2.24, 2.45) is 5.73 Å². The highest BCUT2D eigenvalue weighted by Gasteiger charge is 2.11. The zero-order valence-electron chi connectivity index (χ0n) is 11.2. The summed E-state index contributed by atoms with van der Waals surface area (Å²) in [5, 5.41) is 3.73. The van der Waals surface area contributed by atoms with E-state index in [1.165, 1.54) is 0 Å². The van der Waals surface area contributed by atoms with E-state index in [0.717, 1.165) is 16.1 Å². The van der Waals surface area contributed by atoms with Gasteiger partial charge in [0.05, 0.1) is 0 Å². The molecular formula is C15H13BrClFN2O. The van der Waals surface area contributed by atoms with E-state index in [2.05, 4.69) is 21.2 Å². The molecule has 0 saturated heterocycles. The van der Waals surface area contributed by atoms with Crippen LogP contribution in [0.15, 0.2) is 34.8 Å². The maximum Gasteiger partial charge on any atom is 0.248 e. The van der Waals surface area contributed by atoms with E-state index < -0.39 is 11.7 Å². The number of amides is 1. The van der Waals surface area contributed by atoms with Gasteiger partial charge in [-0.15, -0.1) is 0 Å². The van der Waals surface area contributed by atoms with Crippen molar-refractivity contribution < 1.29 is 9.18 Å². The second-order valence-corrected chi connectivity index (χ2v) is 5.87. The quantitative estimate of drug-likeness (QED) is 0.843. The maximum absolute atomic E-state index is 13.8. The zero-order chi connectivity index (χ0) is 15.6. The largest absolute Gasteiger partial charge is 0.381 e. The van der Waals surface area contributed by atoms with Crippen LogP contribution in [0, 0.1) is 12.7 Å². The standard InChI is InChI=1S/C15H13BrClFN2O/c1-8-13(18)4-10(15(19)21)5-14(8)20-7-9-2-3-11(17)6-12(9)16/h2-6,20H,7H2,1H3,(H2,19,21). The lowest BCUT2D eigenvalue weighted by Gasteiger charge is -2.13. The Morgan fingerprint density at radius 2 is 2.10 bits per heavy atom. The Kier molecular flexibility index (Phi) is 4.85.